The zero-order valence-corrected chi connectivity index (χ0v) is 12.2. The van der Waals surface area contributed by atoms with Crippen LogP contribution in [-0.4, -0.2) is 36.4 Å². The molecule has 6 nitrogen and oxygen atoms in total. The van der Waals surface area contributed by atoms with Gasteiger partial charge in [-0.1, -0.05) is 6.92 Å². The van der Waals surface area contributed by atoms with E-state index in [4.69, 9.17) is 0 Å². The van der Waals surface area contributed by atoms with Crippen LogP contribution in [0.25, 0.3) is 0 Å². The molecule has 7 heteroatoms. The molecular weight excluding hydrogens is 277 g/mol. The lowest BCUT2D eigenvalue weighted by Crippen LogP contribution is -2.29. The summed E-state index contributed by atoms with van der Waals surface area (Å²) in [5.74, 6) is -0.185. The summed E-state index contributed by atoms with van der Waals surface area (Å²) in [5.41, 5.74) is -0.536. The topological polar surface area (TPSA) is 75.5 Å². The number of nitro benzene ring substituents is 1. The zero-order chi connectivity index (χ0) is 15.7. The van der Waals surface area contributed by atoms with Gasteiger partial charge in [-0.05, 0) is 24.3 Å². The van der Waals surface area contributed by atoms with Crippen LogP contribution >= 0.6 is 0 Å². The van der Waals surface area contributed by atoms with Gasteiger partial charge in [0.1, 0.15) is 5.56 Å². The molecule has 114 valence electrons. The van der Waals surface area contributed by atoms with Crippen molar-refractivity contribution in [1.82, 2.24) is 4.90 Å². The number of nitro groups is 1. The van der Waals surface area contributed by atoms with Crippen LogP contribution in [0.3, 0.4) is 0 Å². The fraction of sp³-hybridized carbons (Fsp3) is 0.500. The third-order valence-electron chi connectivity index (χ3n) is 3.91. The summed E-state index contributed by atoms with van der Waals surface area (Å²) < 4.78 is 13.6. The van der Waals surface area contributed by atoms with Gasteiger partial charge in [0, 0.05) is 20.6 Å². The summed E-state index contributed by atoms with van der Waals surface area (Å²) in [5, 5.41) is 13.6. The van der Waals surface area contributed by atoms with Gasteiger partial charge in [-0.3, -0.25) is 14.9 Å². The highest BCUT2D eigenvalue weighted by Gasteiger charge is 2.35. The molecule has 0 aromatic heterocycles. The summed E-state index contributed by atoms with van der Waals surface area (Å²) in [6.07, 6.45) is 1.06. The average molecular weight is 295 g/mol. The predicted octanol–water partition coefficient (Wildman–Crippen LogP) is 2.50. The van der Waals surface area contributed by atoms with Gasteiger partial charge in [0.05, 0.1) is 16.7 Å². The van der Waals surface area contributed by atoms with E-state index >= 15 is 0 Å². The van der Waals surface area contributed by atoms with E-state index in [1.54, 1.807) is 7.05 Å². The first-order valence-electron chi connectivity index (χ1n) is 6.76. The number of hydrogen-bond donors (Lipinski definition) is 1. The highest BCUT2D eigenvalue weighted by Crippen LogP contribution is 2.38. The molecule has 1 N–H and O–H groups in total. The van der Waals surface area contributed by atoms with Crippen LogP contribution in [-0.2, 0) is 0 Å². The van der Waals surface area contributed by atoms with Crippen molar-refractivity contribution in [3.63, 3.8) is 0 Å². The molecule has 0 saturated heterocycles. The van der Waals surface area contributed by atoms with Gasteiger partial charge in [0.25, 0.3) is 11.6 Å². The molecule has 1 saturated carbocycles. The third-order valence-corrected chi connectivity index (χ3v) is 3.91. The standard InChI is InChI=1S/C14H18FN3O3/c1-8-4-9(8)7-17(3)14(19)10-5-12(16-2)11(15)6-13(10)18(20)21/h5-6,8-9,16H,4,7H2,1-3H3. The third kappa shape index (κ3) is 3.12. The Labute approximate surface area is 122 Å². The largest absolute Gasteiger partial charge is 0.386 e. The highest BCUT2D eigenvalue weighted by molar-refractivity contribution is 5.99. The second-order valence-corrected chi connectivity index (χ2v) is 5.52. The Balaban J connectivity index is 2.31. The Hall–Kier alpha value is -2.18. The molecule has 1 amide bonds. The zero-order valence-electron chi connectivity index (χ0n) is 12.2. The van der Waals surface area contributed by atoms with Crippen molar-refractivity contribution < 1.29 is 14.1 Å². The van der Waals surface area contributed by atoms with Crippen LogP contribution in [0.4, 0.5) is 15.8 Å². The lowest BCUT2D eigenvalue weighted by molar-refractivity contribution is -0.385. The van der Waals surface area contributed by atoms with E-state index in [2.05, 4.69) is 12.2 Å². The Morgan fingerprint density at radius 2 is 2.19 bits per heavy atom. The van der Waals surface area contributed by atoms with Crippen molar-refractivity contribution in [3.05, 3.63) is 33.6 Å². The van der Waals surface area contributed by atoms with Crippen LogP contribution in [0.15, 0.2) is 12.1 Å². The van der Waals surface area contributed by atoms with Crippen molar-refractivity contribution in [2.75, 3.05) is 26.0 Å². The first kappa shape index (κ1) is 15.2. The van der Waals surface area contributed by atoms with E-state index in [-0.39, 0.29) is 11.3 Å². The number of rotatable bonds is 5. The Kier molecular flexibility index (Phi) is 4.11. The molecule has 0 radical (unpaired) electrons. The van der Waals surface area contributed by atoms with Gasteiger partial charge in [0.15, 0.2) is 5.82 Å². The highest BCUT2D eigenvalue weighted by atomic mass is 19.1. The van der Waals surface area contributed by atoms with Gasteiger partial charge < -0.3 is 10.2 Å². The number of nitrogens with one attached hydrogen (secondary N) is 1. The monoisotopic (exact) mass is 295 g/mol. The van der Waals surface area contributed by atoms with Crippen molar-refractivity contribution in [2.45, 2.75) is 13.3 Å². The van der Waals surface area contributed by atoms with Crippen LogP contribution < -0.4 is 5.32 Å². The van der Waals surface area contributed by atoms with Crippen LogP contribution in [0.1, 0.15) is 23.7 Å². The minimum absolute atomic E-state index is 0.0668. The molecule has 21 heavy (non-hydrogen) atoms. The second-order valence-electron chi connectivity index (χ2n) is 5.52. The number of carbonyl (C=O) groups excluding carboxylic acids is 1. The molecule has 1 aliphatic rings. The molecule has 1 aliphatic carbocycles. The predicted molar refractivity (Wildman–Crippen MR) is 76.8 cm³/mol. The van der Waals surface area contributed by atoms with Crippen molar-refractivity contribution in [2.24, 2.45) is 11.8 Å². The molecule has 2 atom stereocenters. The molecule has 1 aromatic carbocycles. The summed E-state index contributed by atoms with van der Waals surface area (Å²) >= 11 is 0. The van der Waals surface area contributed by atoms with Crippen molar-refractivity contribution in [3.8, 4) is 0 Å². The summed E-state index contributed by atoms with van der Waals surface area (Å²) in [6, 6.07) is 1.98. The van der Waals surface area contributed by atoms with Crippen molar-refractivity contribution >= 4 is 17.3 Å². The molecule has 2 unspecified atom stereocenters. The fourth-order valence-corrected chi connectivity index (χ4v) is 2.37. The van der Waals surface area contributed by atoms with E-state index in [0.29, 0.717) is 18.4 Å². The summed E-state index contributed by atoms with van der Waals surface area (Å²) in [7, 11) is 3.10. The average Bonchev–Trinajstić information content (AvgIpc) is 3.12. The normalized spacial score (nSPS) is 20.0. The first-order valence-corrected chi connectivity index (χ1v) is 6.76. The second kappa shape index (κ2) is 5.67. The van der Waals surface area contributed by atoms with Crippen molar-refractivity contribution in [1.29, 1.82) is 0 Å². The number of amides is 1. The Morgan fingerprint density at radius 3 is 2.67 bits per heavy atom. The van der Waals surface area contributed by atoms with E-state index < -0.39 is 22.3 Å². The fourth-order valence-electron chi connectivity index (χ4n) is 2.37. The SMILES string of the molecule is CNc1cc(C(=O)N(C)CC2CC2C)c([N+](=O)[O-])cc1F. The lowest BCUT2D eigenvalue weighted by atomic mass is 10.1. The van der Waals surface area contributed by atoms with E-state index in [1.165, 1.54) is 18.0 Å². The number of nitrogens with zero attached hydrogens (tertiary/aromatic N) is 2. The summed E-state index contributed by atoms with van der Waals surface area (Å²) in [6.45, 7) is 2.66. The molecule has 0 aliphatic heterocycles. The van der Waals surface area contributed by atoms with E-state index in [0.717, 1.165) is 12.5 Å². The molecule has 0 spiro atoms. The number of anilines is 1. The number of benzene rings is 1. The van der Waals surface area contributed by atoms with Crippen LogP contribution in [0.2, 0.25) is 0 Å². The van der Waals surface area contributed by atoms with E-state index in [9.17, 15) is 19.3 Å². The first-order chi connectivity index (χ1) is 9.85. The molecule has 0 heterocycles. The lowest BCUT2D eigenvalue weighted by Gasteiger charge is -2.17. The van der Waals surface area contributed by atoms with Crippen LogP contribution in [0, 0.1) is 27.8 Å². The van der Waals surface area contributed by atoms with Gasteiger partial charge >= 0.3 is 0 Å². The van der Waals surface area contributed by atoms with E-state index in [1.807, 2.05) is 0 Å². The maximum atomic E-state index is 13.6. The minimum Gasteiger partial charge on any atom is -0.386 e. The number of halogens is 1. The summed E-state index contributed by atoms with van der Waals surface area (Å²) in [4.78, 5) is 24.2. The van der Waals surface area contributed by atoms with Crippen LogP contribution in [0.5, 0.6) is 0 Å². The van der Waals surface area contributed by atoms with Gasteiger partial charge in [-0.2, -0.15) is 0 Å². The Morgan fingerprint density at radius 1 is 1.57 bits per heavy atom. The quantitative estimate of drug-likeness (QED) is 0.669. The Bertz CT molecular complexity index is 591. The molecule has 2 rings (SSSR count). The smallest absolute Gasteiger partial charge is 0.285 e. The molecule has 1 aromatic rings. The maximum Gasteiger partial charge on any atom is 0.285 e. The maximum absolute atomic E-state index is 13.6. The molecule has 0 bridgehead atoms. The van der Waals surface area contributed by atoms with Gasteiger partial charge in [0.2, 0.25) is 0 Å². The van der Waals surface area contributed by atoms with Gasteiger partial charge in [-0.25, -0.2) is 4.39 Å². The molecular formula is C14H18FN3O3. The molecule has 1 fully saturated rings. The number of carbonyl (C=O) groups is 1. The minimum atomic E-state index is -0.751. The number of hydrogen-bond acceptors (Lipinski definition) is 4. The van der Waals surface area contributed by atoms with Gasteiger partial charge in [-0.15, -0.1) is 0 Å².